The second-order valence-corrected chi connectivity index (χ2v) is 5.54. The second-order valence-electron chi connectivity index (χ2n) is 5.28. The van der Waals surface area contributed by atoms with Crippen molar-refractivity contribution in [2.75, 3.05) is 11.4 Å². The van der Waals surface area contributed by atoms with Crippen molar-refractivity contribution in [2.45, 2.75) is 58.1 Å². The molecule has 0 bridgehead atoms. The van der Waals surface area contributed by atoms with Crippen molar-refractivity contribution >= 4 is 17.3 Å². The summed E-state index contributed by atoms with van der Waals surface area (Å²) in [5.74, 6) is -0.132. The Labute approximate surface area is 130 Å². The average Bonchev–Trinajstić information content (AvgIpc) is 2.46. The van der Waals surface area contributed by atoms with Gasteiger partial charge < -0.3 is 4.90 Å². The predicted molar refractivity (Wildman–Crippen MR) is 83.0 cm³/mol. The molecule has 0 amide bonds. The van der Waals surface area contributed by atoms with Gasteiger partial charge in [0.2, 0.25) is 0 Å². The van der Waals surface area contributed by atoms with Gasteiger partial charge >= 0.3 is 6.18 Å². The molecular weight excluding hydrogens is 299 g/mol. The lowest BCUT2D eigenvalue weighted by Gasteiger charge is -2.31. The summed E-state index contributed by atoms with van der Waals surface area (Å²) in [6, 6.07) is 4.68. The largest absolute Gasteiger partial charge is 0.416 e. The van der Waals surface area contributed by atoms with E-state index in [2.05, 4.69) is 11.8 Å². The highest BCUT2D eigenvalue weighted by Crippen LogP contribution is 2.36. The molecule has 0 fully saturated rings. The Hall–Kier alpha value is -0.900. The molecule has 0 saturated heterocycles. The first kappa shape index (κ1) is 18.1. The van der Waals surface area contributed by atoms with Crippen LogP contribution in [0.3, 0.4) is 0 Å². The van der Waals surface area contributed by atoms with Crippen molar-refractivity contribution in [1.82, 2.24) is 0 Å². The van der Waals surface area contributed by atoms with Crippen molar-refractivity contribution < 1.29 is 13.2 Å². The van der Waals surface area contributed by atoms with Gasteiger partial charge in [0.15, 0.2) is 0 Å². The summed E-state index contributed by atoms with van der Waals surface area (Å²) in [5, 5.41) is 0. The lowest BCUT2D eigenvalue weighted by Crippen LogP contribution is -2.33. The summed E-state index contributed by atoms with van der Waals surface area (Å²) in [6.45, 7) is 6.93. The summed E-state index contributed by atoms with van der Waals surface area (Å²) in [5.41, 5.74) is 0.131. The van der Waals surface area contributed by atoms with Gasteiger partial charge in [-0.2, -0.15) is 13.2 Å². The molecule has 1 rings (SSSR count). The van der Waals surface area contributed by atoms with Crippen molar-refractivity contribution in [3.05, 3.63) is 29.3 Å². The first-order valence-corrected chi connectivity index (χ1v) is 7.91. The lowest BCUT2D eigenvalue weighted by atomic mass is 10.1. The summed E-state index contributed by atoms with van der Waals surface area (Å²) in [7, 11) is 0. The van der Waals surface area contributed by atoms with Crippen molar-refractivity contribution in [3.63, 3.8) is 0 Å². The summed E-state index contributed by atoms with van der Waals surface area (Å²) in [6.07, 6.45) is -1.50. The first-order valence-electron chi connectivity index (χ1n) is 7.37. The number of rotatable bonds is 7. The highest BCUT2D eigenvalue weighted by Gasteiger charge is 2.33. The fourth-order valence-electron chi connectivity index (χ4n) is 2.28. The Morgan fingerprint density at radius 1 is 1.24 bits per heavy atom. The molecule has 0 aromatic heterocycles. The molecule has 0 aliphatic heterocycles. The first-order chi connectivity index (χ1) is 9.85. The summed E-state index contributed by atoms with van der Waals surface area (Å²) in [4.78, 5) is 2.05. The second kappa shape index (κ2) is 7.92. The number of unbranched alkanes of at least 4 members (excludes halogenated alkanes) is 1. The van der Waals surface area contributed by atoms with Crippen LogP contribution in [0, 0.1) is 0 Å². The normalized spacial score (nSPS) is 13.3. The van der Waals surface area contributed by atoms with Crippen molar-refractivity contribution in [2.24, 2.45) is 0 Å². The zero-order valence-corrected chi connectivity index (χ0v) is 13.6. The Kier molecular flexibility index (Phi) is 6.85. The van der Waals surface area contributed by atoms with E-state index in [9.17, 15) is 13.2 Å². The SMILES string of the molecule is CCCCN(c1ccc(CCl)c(C(F)(F)F)c1)C(C)CC. The lowest BCUT2D eigenvalue weighted by molar-refractivity contribution is -0.138. The number of alkyl halides is 4. The highest BCUT2D eigenvalue weighted by atomic mass is 35.5. The van der Waals surface area contributed by atoms with Gasteiger partial charge in [-0.3, -0.25) is 0 Å². The zero-order chi connectivity index (χ0) is 16.0. The van der Waals surface area contributed by atoms with E-state index in [1.54, 1.807) is 6.07 Å². The molecule has 21 heavy (non-hydrogen) atoms. The van der Waals surface area contributed by atoms with Crippen LogP contribution >= 0.6 is 11.6 Å². The smallest absolute Gasteiger partial charge is 0.369 e. The molecule has 0 radical (unpaired) electrons. The van der Waals surface area contributed by atoms with Crippen LogP contribution in [0.5, 0.6) is 0 Å². The minimum Gasteiger partial charge on any atom is -0.369 e. The third kappa shape index (κ3) is 4.80. The van der Waals surface area contributed by atoms with E-state index in [1.165, 1.54) is 12.1 Å². The van der Waals surface area contributed by atoms with Gasteiger partial charge in [-0.1, -0.05) is 26.3 Å². The molecule has 0 aliphatic carbocycles. The van der Waals surface area contributed by atoms with Gasteiger partial charge in [-0.15, -0.1) is 11.6 Å². The average molecular weight is 322 g/mol. The fourth-order valence-corrected chi connectivity index (χ4v) is 2.51. The van der Waals surface area contributed by atoms with E-state index in [0.717, 1.165) is 25.8 Å². The maximum atomic E-state index is 13.1. The van der Waals surface area contributed by atoms with E-state index in [-0.39, 0.29) is 17.5 Å². The molecule has 1 unspecified atom stereocenters. The molecule has 1 atom stereocenters. The van der Waals surface area contributed by atoms with E-state index < -0.39 is 11.7 Å². The van der Waals surface area contributed by atoms with Crippen LogP contribution in [0.15, 0.2) is 18.2 Å². The Bertz CT molecular complexity index is 446. The maximum absolute atomic E-state index is 13.1. The van der Waals surface area contributed by atoms with Crippen molar-refractivity contribution in [3.8, 4) is 0 Å². The molecule has 0 heterocycles. The van der Waals surface area contributed by atoms with Gasteiger partial charge in [0.1, 0.15) is 0 Å². The topological polar surface area (TPSA) is 3.24 Å². The molecule has 1 aromatic carbocycles. The van der Waals surface area contributed by atoms with Gasteiger partial charge in [0.25, 0.3) is 0 Å². The summed E-state index contributed by atoms with van der Waals surface area (Å²) < 4.78 is 39.4. The van der Waals surface area contributed by atoms with Gasteiger partial charge in [0.05, 0.1) is 5.56 Å². The zero-order valence-electron chi connectivity index (χ0n) is 12.8. The van der Waals surface area contributed by atoms with Crippen LogP contribution in [-0.2, 0) is 12.1 Å². The number of anilines is 1. The Morgan fingerprint density at radius 2 is 1.90 bits per heavy atom. The molecule has 1 aromatic rings. The monoisotopic (exact) mass is 321 g/mol. The van der Waals surface area contributed by atoms with Crippen molar-refractivity contribution in [1.29, 1.82) is 0 Å². The van der Waals surface area contributed by atoms with Crippen LogP contribution in [0.2, 0.25) is 0 Å². The van der Waals surface area contributed by atoms with Crippen LogP contribution in [0.25, 0.3) is 0 Å². The molecule has 0 spiro atoms. The molecule has 120 valence electrons. The number of hydrogen-bond donors (Lipinski definition) is 0. The van der Waals surface area contributed by atoms with Crippen LogP contribution in [-0.4, -0.2) is 12.6 Å². The third-order valence-electron chi connectivity index (χ3n) is 3.75. The molecule has 1 nitrogen and oxygen atoms in total. The molecule has 0 saturated carbocycles. The van der Waals surface area contributed by atoms with Crippen LogP contribution < -0.4 is 4.90 Å². The molecule has 5 heteroatoms. The molecule has 0 N–H and O–H groups in total. The van der Waals surface area contributed by atoms with E-state index in [4.69, 9.17) is 11.6 Å². The van der Waals surface area contributed by atoms with Crippen LogP contribution in [0.1, 0.15) is 51.2 Å². The number of nitrogens with zero attached hydrogens (tertiary/aromatic N) is 1. The van der Waals surface area contributed by atoms with E-state index in [0.29, 0.717) is 5.69 Å². The van der Waals surface area contributed by atoms with Gasteiger partial charge in [-0.05, 0) is 37.5 Å². The Morgan fingerprint density at radius 3 is 2.38 bits per heavy atom. The quantitative estimate of drug-likeness (QED) is 0.569. The molecular formula is C16H23ClF3N. The standard InChI is InChI=1S/C16H23ClF3N/c1-4-6-9-21(12(3)5-2)14-8-7-13(11-17)15(10-14)16(18,19)20/h7-8,10,12H,4-6,9,11H2,1-3H3. The maximum Gasteiger partial charge on any atom is 0.416 e. The van der Waals surface area contributed by atoms with Gasteiger partial charge in [0, 0.05) is 24.2 Å². The minimum absolute atomic E-state index is 0.132. The Balaban J connectivity index is 3.20. The number of halogens is 4. The van der Waals surface area contributed by atoms with Crippen LogP contribution in [0.4, 0.5) is 18.9 Å². The van der Waals surface area contributed by atoms with Gasteiger partial charge in [-0.25, -0.2) is 0 Å². The third-order valence-corrected chi connectivity index (χ3v) is 4.04. The fraction of sp³-hybridized carbons (Fsp3) is 0.625. The number of hydrogen-bond acceptors (Lipinski definition) is 1. The summed E-state index contributed by atoms with van der Waals surface area (Å²) >= 11 is 5.63. The molecule has 0 aliphatic rings. The predicted octanol–water partition coefficient (Wildman–Crippen LogP) is 5.85. The number of benzene rings is 1. The minimum atomic E-state index is -4.37. The van der Waals surface area contributed by atoms with E-state index in [1.807, 2.05) is 13.8 Å². The van der Waals surface area contributed by atoms with E-state index >= 15 is 0 Å². The highest BCUT2D eigenvalue weighted by molar-refractivity contribution is 6.17.